The van der Waals surface area contributed by atoms with E-state index in [4.69, 9.17) is 9.47 Å². The van der Waals surface area contributed by atoms with Gasteiger partial charge < -0.3 is 19.7 Å². The van der Waals surface area contributed by atoms with E-state index in [0.717, 1.165) is 24.3 Å². The molecule has 48 heavy (non-hydrogen) atoms. The average molecular weight is 631 g/mol. The van der Waals surface area contributed by atoms with Gasteiger partial charge in [0.2, 0.25) is 0 Å². The molecule has 4 nitrogen and oxygen atoms in total. The standard InChI is InChI=1S/C44H38O4/c45-27-29-47-33-21-17-31(18-22-33)43(39-13-5-1-9-35(39)36-10-2-6-14-40(36)43)25-26-44(32-19-23-34(24-20-32)48-30-28-46)41-15-7-3-11-37(41)38-12-4-8-16-42(38)44/h1-24,45-46H,25-30H2. The predicted octanol–water partition coefficient (Wildman–Crippen LogP) is 8.54. The lowest BCUT2D eigenvalue weighted by atomic mass is 9.62. The number of hydrogen-bond acceptors (Lipinski definition) is 4. The fourth-order valence-electron chi connectivity index (χ4n) is 8.47. The Hall–Kier alpha value is -5.16. The van der Waals surface area contributed by atoms with Crippen molar-refractivity contribution in [3.8, 4) is 33.8 Å². The Morgan fingerprint density at radius 3 is 0.958 bits per heavy atom. The highest BCUT2D eigenvalue weighted by molar-refractivity contribution is 5.85. The van der Waals surface area contributed by atoms with Gasteiger partial charge in [0.15, 0.2) is 0 Å². The molecule has 0 unspecified atom stereocenters. The molecule has 0 heterocycles. The average Bonchev–Trinajstić information content (AvgIpc) is 3.61. The first-order valence-electron chi connectivity index (χ1n) is 16.8. The summed E-state index contributed by atoms with van der Waals surface area (Å²) in [5, 5.41) is 18.7. The molecule has 6 aromatic carbocycles. The lowest BCUT2D eigenvalue weighted by molar-refractivity contribution is 0.201. The monoisotopic (exact) mass is 630 g/mol. The third kappa shape index (κ3) is 4.67. The molecular weight excluding hydrogens is 592 g/mol. The fraction of sp³-hybridized carbons (Fsp3) is 0.182. The zero-order chi connectivity index (χ0) is 32.6. The fourth-order valence-corrected chi connectivity index (χ4v) is 8.47. The van der Waals surface area contributed by atoms with Crippen LogP contribution in [-0.2, 0) is 10.8 Å². The molecule has 0 spiro atoms. The van der Waals surface area contributed by atoms with Crippen LogP contribution in [0, 0.1) is 0 Å². The summed E-state index contributed by atoms with van der Waals surface area (Å²) in [6, 6.07) is 52.5. The Labute approximate surface area is 281 Å². The van der Waals surface area contributed by atoms with Gasteiger partial charge in [-0.3, -0.25) is 0 Å². The van der Waals surface area contributed by atoms with E-state index < -0.39 is 10.8 Å². The summed E-state index contributed by atoms with van der Waals surface area (Å²) >= 11 is 0. The third-order valence-corrected chi connectivity index (χ3v) is 10.4. The third-order valence-electron chi connectivity index (χ3n) is 10.4. The number of fused-ring (bicyclic) bond motifs is 6. The molecule has 2 N–H and O–H groups in total. The zero-order valence-corrected chi connectivity index (χ0v) is 26.8. The molecule has 2 aliphatic rings. The molecule has 0 fully saturated rings. The highest BCUT2D eigenvalue weighted by atomic mass is 16.5. The molecular formula is C44H38O4. The Bertz CT molecular complexity index is 1820. The van der Waals surface area contributed by atoms with Crippen molar-refractivity contribution >= 4 is 0 Å². The van der Waals surface area contributed by atoms with E-state index in [-0.39, 0.29) is 26.4 Å². The number of aliphatic hydroxyl groups excluding tert-OH is 2. The Balaban J connectivity index is 1.33. The van der Waals surface area contributed by atoms with E-state index in [1.807, 2.05) is 24.3 Å². The number of benzene rings is 6. The van der Waals surface area contributed by atoms with E-state index >= 15 is 0 Å². The van der Waals surface area contributed by atoms with Crippen molar-refractivity contribution in [2.24, 2.45) is 0 Å². The maximum Gasteiger partial charge on any atom is 0.119 e. The predicted molar refractivity (Wildman–Crippen MR) is 191 cm³/mol. The number of hydrogen-bond donors (Lipinski definition) is 2. The van der Waals surface area contributed by atoms with Gasteiger partial charge in [-0.25, -0.2) is 0 Å². The molecule has 4 heteroatoms. The Morgan fingerprint density at radius 1 is 0.375 bits per heavy atom. The summed E-state index contributed by atoms with van der Waals surface area (Å²) in [4.78, 5) is 0. The van der Waals surface area contributed by atoms with Gasteiger partial charge >= 0.3 is 0 Å². The van der Waals surface area contributed by atoms with Gasteiger partial charge in [0.25, 0.3) is 0 Å². The van der Waals surface area contributed by atoms with Crippen molar-refractivity contribution < 1.29 is 19.7 Å². The molecule has 8 rings (SSSR count). The van der Waals surface area contributed by atoms with Gasteiger partial charge in [0.05, 0.1) is 13.2 Å². The first kappa shape index (κ1) is 30.2. The summed E-state index contributed by atoms with van der Waals surface area (Å²) in [5.41, 5.74) is 12.0. The van der Waals surface area contributed by atoms with E-state index in [9.17, 15) is 10.2 Å². The summed E-state index contributed by atoms with van der Waals surface area (Å²) in [6.45, 7) is 0.487. The van der Waals surface area contributed by atoms with E-state index in [2.05, 4.69) is 121 Å². The summed E-state index contributed by atoms with van der Waals surface area (Å²) in [6.07, 6.45) is 1.70. The number of rotatable bonds is 11. The van der Waals surface area contributed by atoms with E-state index in [1.54, 1.807) is 0 Å². The van der Waals surface area contributed by atoms with Crippen LogP contribution in [0.15, 0.2) is 146 Å². The summed E-state index contributed by atoms with van der Waals surface area (Å²) in [5.74, 6) is 1.50. The van der Waals surface area contributed by atoms with Gasteiger partial charge in [0.1, 0.15) is 24.7 Å². The molecule has 0 aliphatic heterocycles. The normalized spacial score (nSPS) is 14.5. The topological polar surface area (TPSA) is 58.9 Å². The second kappa shape index (κ2) is 12.5. The SMILES string of the molecule is OCCOc1ccc(C2(CCC3(c4ccc(OCCO)cc4)c4ccccc4-c4ccccc43)c3ccccc3-c3ccccc32)cc1. The van der Waals surface area contributed by atoms with Gasteiger partial charge in [-0.1, -0.05) is 121 Å². The van der Waals surface area contributed by atoms with Crippen LogP contribution >= 0.6 is 0 Å². The molecule has 6 aromatic rings. The first-order chi connectivity index (χ1) is 23.7. The summed E-state index contributed by atoms with van der Waals surface area (Å²) in [7, 11) is 0. The van der Waals surface area contributed by atoms with Crippen LogP contribution in [0.2, 0.25) is 0 Å². The molecule has 2 aliphatic carbocycles. The maximum atomic E-state index is 9.36. The second-order valence-electron chi connectivity index (χ2n) is 12.7. The molecule has 0 radical (unpaired) electrons. The molecule has 238 valence electrons. The van der Waals surface area contributed by atoms with Gasteiger partial charge in [-0.15, -0.1) is 0 Å². The Morgan fingerprint density at radius 2 is 0.667 bits per heavy atom. The molecule has 0 bridgehead atoms. The van der Waals surface area contributed by atoms with Crippen molar-refractivity contribution in [1.29, 1.82) is 0 Å². The lowest BCUT2D eigenvalue weighted by Gasteiger charge is -2.39. The maximum absolute atomic E-state index is 9.36. The van der Waals surface area contributed by atoms with Crippen LogP contribution in [0.1, 0.15) is 46.2 Å². The van der Waals surface area contributed by atoms with Crippen LogP contribution in [0.5, 0.6) is 11.5 Å². The van der Waals surface area contributed by atoms with Crippen molar-refractivity contribution in [2.75, 3.05) is 26.4 Å². The molecule has 0 amide bonds. The molecule has 0 atom stereocenters. The smallest absolute Gasteiger partial charge is 0.119 e. The Kier molecular flexibility index (Phi) is 7.84. The van der Waals surface area contributed by atoms with Crippen LogP contribution in [0.3, 0.4) is 0 Å². The summed E-state index contributed by atoms with van der Waals surface area (Å²) < 4.78 is 11.6. The van der Waals surface area contributed by atoms with E-state index in [0.29, 0.717) is 0 Å². The quantitative estimate of drug-likeness (QED) is 0.151. The minimum atomic E-state index is -0.410. The highest BCUT2D eigenvalue weighted by Crippen LogP contribution is 2.60. The number of ether oxygens (including phenoxy) is 2. The van der Waals surface area contributed by atoms with Crippen molar-refractivity contribution in [2.45, 2.75) is 23.7 Å². The van der Waals surface area contributed by atoms with Crippen LogP contribution < -0.4 is 9.47 Å². The molecule has 0 aromatic heterocycles. The minimum absolute atomic E-state index is 0.0218. The van der Waals surface area contributed by atoms with Crippen LogP contribution in [0.4, 0.5) is 0 Å². The van der Waals surface area contributed by atoms with E-state index in [1.165, 1.54) is 55.6 Å². The molecule has 0 saturated carbocycles. The van der Waals surface area contributed by atoms with Gasteiger partial charge in [-0.2, -0.15) is 0 Å². The second-order valence-corrected chi connectivity index (χ2v) is 12.7. The zero-order valence-electron chi connectivity index (χ0n) is 26.8. The lowest BCUT2D eigenvalue weighted by Crippen LogP contribution is -2.33. The van der Waals surface area contributed by atoms with Gasteiger partial charge in [-0.05, 0) is 92.7 Å². The first-order valence-corrected chi connectivity index (χ1v) is 16.8. The van der Waals surface area contributed by atoms with Crippen LogP contribution in [-0.4, -0.2) is 36.6 Å². The van der Waals surface area contributed by atoms with Crippen molar-refractivity contribution in [1.82, 2.24) is 0 Å². The van der Waals surface area contributed by atoms with Crippen LogP contribution in [0.25, 0.3) is 22.3 Å². The highest BCUT2D eigenvalue weighted by Gasteiger charge is 2.49. The molecule has 0 saturated heterocycles. The largest absolute Gasteiger partial charge is 0.491 e. The van der Waals surface area contributed by atoms with Gasteiger partial charge in [0, 0.05) is 10.8 Å². The van der Waals surface area contributed by atoms with Crippen molar-refractivity contribution in [3.63, 3.8) is 0 Å². The number of aliphatic hydroxyl groups is 2. The minimum Gasteiger partial charge on any atom is -0.491 e. The van der Waals surface area contributed by atoms with Crippen molar-refractivity contribution in [3.05, 3.63) is 179 Å².